The molecule has 4 nitrogen and oxygen atoms in total. The van der Waals surface area contributed by atoms with Crippen LogP contribution in [0.4, 0.5) is 9.52 Å². The van der Waals surface area contributed by atoms with Crippen molar-refractivity contribution in [1.82, 2.24) is 4.98 Å². The molecule has 2 aromatic carbocycles. The summed E-state index contributed by atoms with van der Waals surface area (Å²) in [7, 11) is 0. The molecule has 0 fully saturated rings. The Morgan fingerprint density at radius 2 is 2.14 bits per heavy atom. The lowest BCUT2D eigenvalue weighted by molar-refractivity contribution is 0.102. The van der Waals surface area contributed by atoms with E-state index in [1.807, 2.05) is 6.07 Å². The lowest BCUT2D eigenvalue weighted by Crippen LogP contribution is -2.11. The van der Waals surface area contributed by atoms with Gasteiger partial charge in [0.05, 0.1) is 21.8 Å². The highest BCUT2D eigenvalue weighted by Crippen LogP contribution is 2.26. The number of nitriles is 1. The van der Waals surface area contributed by atoms with Crippen molar-refractivity contribution < 1.29 is 9.18 Å². The summed E-state index contributed by atoms with van der Waals surface area (Å²) in [5, 5.41) is 11.9. The molecule has 0 aliphatic carbocycles. The quantitative estimate of drug-likeness (QED) is 0.786. The molecule has 6 heteroatoms. The average Bonchev–Trinajstić information content (AvgIpc) is 2.88. The zero-order valence-corrected chi connectivity index (χ0v) is 11.4. The van der Waals surface area contributed by atoms with Crippen LogP contribution in [0.1, 0.15) is 15.9 Å². The summed E-state index contributed by atoms with van der Waals surface area (Å²) in [4.78, 5) is 16.3. The Labute approximate surface area is 123 Å². The van der Waals surface area contributed by atoms with Gasteiger partial charge in [0.15, 0.2) is 5.13 Å². The van der Waals surface area contributed by atoms with Crippen LogP contribution in [0, 0.1) is 17.1 Å². The van der Waals surface area contributed by atoms with E-state index in [1.54, 1.807) is 24.3 Å². The number of anilines is 1. The fourth-order valence-corrected chi connectivity index (χ4v) is 2.74. The highest BCUT2D eigenvalue weighted by molar-refractivity contribution is 7.22. The summed E-state index contributed by atoms with van der Waals surface area (Å²) < 4.78 is 13.8. The van der Waals surface area contributed by atoms with Gasteiger partial charge in [-0.3, -0.25) is 10.1 Å². The van der Waals surface area contributed by atoms with Crippen molar-refractivity contribution in [3.05, 3.63) is 59.4 Å². The van der Waals surface area contributed by atoms with Crippen molar-refractivity contribution in [2.45, 2.75) is 0 Å². The van der Waals surface area contributed by atoms with Crippen molar-refractivity contribution in [2.75, 3.05) is 5.32 Å². The number of carbonyl (C=O) groups is 1. The molecule has 0 radical (unpaired) electrons. The number of fused-ring (bicyclic) bond motifs is 1. The first-order valence-corrected chi connectivity index (χ1v) is 6.85. The van der Waals surface area contributed by atoms with Gasteiger partial charge in [0, 0.05) is 5.56 Å². The third-order valence-electron chi connectivity index (χ3n) is 2.82. The fraction of sp³-hybridized carbons (Fsp3) is 0. The molecule has 3 rings (SSSR count). The number of benzene rings is 2. The first kappa shape index (κ1) is 13.2. The Bertz CT molecular complexity index is 882. The second-order valence-electron chi connectivity index (χ2n) is 4.28. The molecule has 0 saturated carbocycles. The molecule has 3 aromatic rings. The van der Waals surface area contributed by atoms with Crippen LogP contribution in [0.15, 0.2) is 42.5 Å². The van der Waals surface area contributed by atoms with Gasteiger partial charge in [0.1, 0.15) is 5.82 Å². The predicted octanol–water partition coefficient (Wildman–Crippen LogP) is 3.56. The maximum absolute atomic E-state index is 13.1. The molecule has 1 aromatic heterocycles. The van der Waals surface area contributed by atoms with Gasteiger partial charge in [-0.05, 0) is 36.4 Å². The standard InChI is InChI=1S/C15H8FN3OS/c16-11-4-5-12-13(7-11)21-15(18-12)19-14(20)10-3-1-2-9(6-10)8-17/h1-7H,(H,18,19,20). The minimum Gasteiger partial charge on any atom is -0.298 e. The number of nitrogens with zero attached hydrogens (tertiary/aromatic N) is 2. The molecule has 0 saturated heterocycles. The number of carbonyl (C=O) groups excluding carboxylic acids is 1. The third-order valence-corrected chi connectivity index (χ3v) is 3.76. The smallest absolute Gasteiger partial charge is 0.257 e. The molecule has 1 N–H and O–H groups in total. The second-order valence-corrected chi connectivity index (χ2v) is 5.31. The van der Waals surface area contributed by atoms with Gasteiger partial charge < -0.3 is 0 Å². The molecule has 0 atom stereocenters. The lowest BCUT2D eigenvalue weighted by Gasteiger charge is -2.01. The zero-order chi connectivity index (χ0) is 14.8. The first-order valence-electron chi connectivity index (χ1n) is 6.03. The number of hydrogen-bond acceptors (Lipinski definition) is 4. The van der Waals surface area contributed by atoms with Gasteiger partial charge in [0.2, 0.25) is 0 Å². The minimum absolute atomic E-state index is 0.342. The Kier molecular flexibility index (Phi) is 3.34. The van der Waals surface area contributed by atoms with Crippen molar-refractivity contribution in [1.29, 1.82) is 5.26 Å². The molecular formula is C15H8FN3OS. The van der Waals surface area contributed by atoms with Crippen LogP contribution in [0.25, 0.3) is 10.2 Å². The van der Waals surface area contributed by atoms with Crippen LogP contribution in [-0.2, 0) is 0 Å². The summed E-state index contributed by atoms with van der Waals surface area (Å²) >= 11 is 1.20. The second kappa shape index (κ2) is 5.31. The molecule has 1 amide bonds. The summed E-state index contributed by atoms with van der Waals surface area (Å²) in [5.74, 6) is -0.697. The average molecular weight is 297 g/mol. The van der Waals surface area contributed by atoms with Crippen LogP contribution in [-0.4, -0.2) is 10.9 Å². The number of amides is 1. The van der Waals surface area contributed by atoms with Crippen molar-refractivity contribution in [2.24, 2.45) is 0 Å². The third kappa shape index (κ3) is 2.73. The lowest BCUT2D eigenvalue weighted by atomic mass is 10.1. The van der Waals surface area contributed by atoms with E-state index < -0.39 is 0 Å². The molecule has 0 aliphatic heterocycles. The van der Waals surface area contributed by atoms with Gasteiger partial charge in [-0.2, -0.15) is 5.26 Å². The Morgan fingerprint density at radius 3 is 2.95 bits per heavy atom. The number of hydrogen-bond donors (Lipinski definition) is 1. The highest BCUT2D eigenvalue weighted by Gasteiger charge is 2.10. The largest absolute Gasteiger partial charge is 0.298 e. The maximum atomic E-state index is 13.1. The molecule has 21 heavy (non-hydrogen) atoms. The topological polar surface area (TPSA) is 65.8 Å². The molecule has 0 aliphatic rings. The van der Waals surface area contributed by atoms with E-state index in [-0.39, 0.29) is 11.7 Å². The van der Waals surface area contributed by atoms with Crippen LogP contribution < -0.4 is 5.32 Å². The summed E-state index contributed by atoms with van der Waals surface area (Å²) in [5.41, 5.74) is 1.41. The monoisotopic (exact) mass is 297 g/mol. The minimum atomic E-state index is -0.355. The van der Waals surface area contributed by atoms with Crippen molar-refractivity contribution >= 4 is 32.6 Å². The van der Waals surface area contributed by atoms with Gasteiger partial charge in [-0.15, -0.1) is 0 Å². The SMILES string of the molecule is N#Cc1cccc(C(=O)Nc2nc3ccc(F)cc3s2)c1. The van der Waals surface area contributed by atoms with Crippen LogP contribution >= 0.6 is 11.3 Å². The van der Waals surface area contributed by atoms with Gasteiger partial charge >= 0.3 is 0 Å². The zero-order valence-electron chi connectivity index (χ0n) is 10.6. The highest BCUT2D eigenvalue weighted by atomic mass is 32.1. The van der Waals surface area contributed by atoms with Gasteiger partial charge in [-0.1, -0.05) is 17.4 Å². The first-order chi connectivity index (χ1) is 10.2. The summed E-state index contributed by atoms with van der Waals surface area (Å²) in [6, 6.07) is 12.6. The van der Waals surface area contributed by atoms with Crippen LogP contribution in [0.5, 0.6) is 0 Å². The van der Waals surface area contributed by atoms with Crippen molar-refractivity contribution in [3.8, 4) is 6.07 Å². The summed E-state index contributed by atoms with van der Waals surface area (Å²) in [6.45, 7) is 0. The Hall–Kier alpha value is -2.78. The predicted molar refractivity (Wildman–Crippen MR) is 78.7 cm³/mol. The van der Waals surface area contributed by atoms with E-state index in [1.165, 1.54) is 29.5 Å². The van der Waals surface area contributed by atoms with E-state index in [4.69, 9.17) is 5.26 Å². The molecule has 0 bridgehead atoms. The number of rotatable bonds is 2. The number of thiazole rings is 1. The number of nitrogens with one attached hydrogen (secondary N) is 1. The maximum Gasteiger partial charge on any atom is 0.257 e. The van der Waals surface area contributed by atoms with E-state index in [0.717, 1.165) is 0 Å². The molecule has 0 spiro atoms. The van der Waals surface area contributed by atoms with Crippen LogP contribution in [0.3, 0.4) is 0 Å². The van der Waals surface area contributed by atoms with Gasteiger partial charge in [0.25, 0.3) is 5.91 Å². The number of halogens is 1. The molecular weight excluding hydrogens is 289 g/mol. The Morgan fingerprint density at radius 1 is 1.29 bits per heavy atom. The van der Waals surface area contributed by atoms with E-state index >= 15 is 0 Å². The summed E-state index contributed by atoms with van der Waals surface area (Å²) in [6.07, 6.45) is 0. The fourth-order valence-electron chi connectivity index (χ4n) is 1.85. The normalized spacial score (nSPS) is 10.3. The Balaban J connectivity index is 1.87. The van der Waals surface area contributed by atoms with E-state index in [0.29, 0.717) is 26.5 Å². The van der Waals surface area contributed by atoms with E-state index in [9.17, 15) is 9.18 Å². The molecule has 102 valence electrons. The van der Waals surface area contributed by atoms with Gasteiger partial charge in [-0.25, -0.2) is 9.37 Å². The molecule has 0 unspecified atom stereocenters. The van der Waals surface area contributed by atoms with Crippen LogP contribution in [0.2, 0.25) is 0 Å². The van der Waals surface area contributed by atoms with Crippen molar-refractivity contribution in [3.63, 3.8) is 0 Å². The number of aromatic nitrogens is 1. The molecule has 1 heterocycles. The van der Waals surface area contributed by atoms with E-state index in [2.05, 4.69) is 10.3 Å².